The predicted octanol–water partition coefficient (Wildman–Crippen LogP) is 3.02. The molecule has 0 spiro atoms. The monoisotopic (exact) mass is 260 g/mol. The lowest BCUT2D eigenvalue weighted by atomic mass is 10.2. The van der Waals surface area contributed by atoms with Gasteiger partial charge in [0.05, 0.1) is 6.61 Å². The molecule has 2 fully saturated rings. The molecule has 4 heteroatoms. The van der Waals surface area contributed by atoms with E-state index in [9.17, 15) is 0 Å². The van der Waals surface area contributed by atoms with Crippen LogP contribution in [0.5, 0.6) is 0 Å². The van der Waals surface area contributed by atoms with Gasteiger partial charge in [-0.25, -0.2) is 0 Å². The molecule has 2 rings (SSSR count). The van der Waals surface area contributed by atoms with E-state index < -0.39 is 0 Å². The third kappa shape index (κ3) is 3.34. The largest absolute Gasteiger partial charge is 0.494 e. The second-order valence-corrected chi connectivity index (χ2v) is 6.90. The quantitative estimate of drug-likeness (QED) is 0.787. The molecule has 0 bridgehead atoms. The lowest BCUT2D eigenvalue weighted by Crippen LogP contribution is -2.15. The first-order valence-corrected chi connectivity index (χ1v) is 8.20. The van der Waals surface area contributed by atoms with Gasteiger partial charge in [0.15, 0.2) is 0 Å². The Hall–Kier alpha value is 0.200. The summed E-state index contributed by atoms with van der Waals surface area (Å²) in [7, 11) is 0. The summed E-state index contributed by atoms with van der Waals surface area (Å²) < 4.78 is 6.30. The second-order valence-electron chi connectivity index (χ2n) is 4.17. The Morgan fingerprint density at radius 1 is 1.19 bits per heavy atom. The van der Waals surface area contributed by atoms with E-state index in [1.165, 1.54) is 54.9 Å². The molecule has 2 nitrogen and oxygen atoms in total. The van der Waals surface area contributed by atoms with Crippen LogP contribution in [0, 0.1) is 0 Å². The van der Waals surface area contributed by atoms with Crippen LogP contribution in [0.2, 0.25) is 0 Å². The predicted molar refractivity (Wildman–Crippen MR) is 71.9 cm³/mol. The zero-order valence-electron chi connectivity index (χ0n) is 9.61. The van der Waals surface area contributed by atoms with Crippen LogP contribution in [-0.2, 0) is 4.74 Å². The van der Waals surface area contributed by atoms with E-state index in [-0.39, 0.29) is 6.61 Å². The Kier molecular flexibility index (Phi) is 5.39. The van der Waals surface area contributed by atoms with E-state index in [4.69, 9.17) is 9.84 Å². The minimum absolute atomic E-state index is 0.124. The molecule has 2 aliphatic rings. The number of ether oxygens (including phenoxy) is 1. The van der Waals surface area contributed by atoms with Gasteiger partial charge in [0.2, 0.25) is 0 Å². The topological polar surface area (TPSA) is 29.5 Å². The molecule has 0 amide bonds. The van der Waals surface area contributed by atoms with Gasteiger partial charge >= 0.3 is 0 Å². The van der Waals surface area contributed by atoms with E-state index >= 15 is 0 Å². The summed E-state index contributed by atoms with van der Waals surface area (Å²) in [5.41, 5.74) is 1.51. The smallest absolute Gasteiger partial charge is 0.118 e. The fourth-order valence-electron chi connectivity index (χ4n) is 2.18. The summed E-state index contributed by atoms with van der Waals surface area (Å²) in [5, 5.41) is 8.90. The summed E-state index contributed by atoms with van der Waals surface area (Å²) in [5.74, 6) is 3.69. The van der Waals surface area contributed by atoms with Crippen LogP contribution >= 0.6 is 23.5 Å². The van der Waals surface area contributed by atoms with Gasteiger partial charge in [-0.05, 0) is 49.2 Å². The normalized spacial score (nSPS) is 22.4. The molecule has 0 aromatic heterocycles. The third-order valence-electron chi connectivity index (χ3n) is 2.95. The summed E-state index contributed by atoms with van der Waals surface area (Å²) >= 11 is 4.01. The van der Waals surface area contributed by atoms with Crippen LogP contribution < -0.4 is 0 Å². The van der Waals surface area contributed by atoms with Crippen LogP contribution in [0.1, 0.15) is 32.1 Å². The summed E-state index contributed by atoms with van der Waals surface area (Å²) in [4.78, 5) is 0. The fourth-order valence-corrected chi connectivity index (χ4v) is 5.15. The average Bonchev–Trinajstić information content (AvgIpc) is 2.85. The SMILES string of the molecule is OCCOC(=C1CCCC1)C1SCCCS1. The molecule has 0 unspecified atom stereocenters. The molecule has 1 saturated heterocycles. The fraction of sp³-hybridized carbons (Fsp3) is 0.833. The maximum atomic E-state index is 8.90. The van der Waals surface area contributed by atoms with Crippen molar-refractivity contribution in [3.63, 3.8) is 0 Å². The lowest BCUT2D eigenvalue weighted by molar-refractivity contribution is 0.143. The zero-order chi connectivity index (χ0) is 11.2. The summed E-state index contributed by atoms with van der Waals surface area (Å²) in [6, 6.07) is 0. The Morgan fingerprint density at radius 3 is 2.50 bits per heavy atom. The van der Waals surface area contributed by atoms with Gasteiger partial charge in [-0.3, -0.25) is 0 Å². The van der Waals surface area contributed by atoms with Gasteiger partial charge in [0.1, 0.15) is 16.9 Å². The molecule has 0 aromatic carbocycles. The number of rotatable bonds is 4. The molecule has 92 valence electrons. The number of aliphatic hydroxyl groups is 1. The van der Waals surface area contributed by atoms with Crippen molar-refractivity contribution >= 4 is 23.5 Å². The Balaban J connectivity index is 2.03. The number of aliphatic hydroxyl groups excluding tert-OH is 1. The standard InChI is InChI=1S/C12H20O2S2/c13-6-7-14-11(10-4-1-2-5-10)12-15-8-3-9-16-12/h12-13H,1-9H2. The summed E-state index contributed by atoms with van der Waals surface area (Å²) in [6.07, 6.45) is 6.35. The van der Waals surface area contributed by atoms with Crippen LogP contribution in [0.15, 0.2) is 11.3 Å². The zero-order valence-corrected chi connectivity index (χ0v) is 11.2. The van der Waals surface area contributed by atoms with Gasteiger partial charge in [-0.1, -0.05) is 0 Å². The minimum Gasteiger partial charge on any atom is -0.494 e. The van der Waals surface area contributed by atoms with Gasteiger partial charge in [0, 0.05) is 0 Å². The Labute approximate surface area is 106 Å². The third-order valence-corrected chi connectivity index (χ3v) is 5.84. The molecule has 1 saturated carbocycles. The van der Waals surface area contributed by atoms with Crippen LogP contribution in [0.3, 0.4) is 0 Å². The van der Waals surface area contributed by atoms with Gasteiger partial charge in [-0.2, -0.15) is 0 Å². The van der Waals surface area contributed by atoms with Gasteiger partial charge in [0.25, 0.3) is 0 Å². The molecule has 0 radical (unpaired) electrons. The van der Waals surface area contributed by atoms with Gasteiger partial charge < -0.3 is 9.84 Å². The van der Waals surface area contributed by atoms with Crippen molar-refractivity contribution < 1.29 is 9.84 Å². The lowest BCUT2D eigenvalue weighted by Gasteiger charge is -2.25. The average molecular weight is 260 g/mol. The van der Waals surface area contributed by atoms with E-state index in [0.717, 1.165) is 0 Å². The van der Waals surface area contributed by atoms with Crippen molar-refractivity contribution in [2.75, 3.05) is 24.7 Å². The molecular weight excluding hydrogens is 240 g/mol. The van der Waals surface area contributed by atoms with Crippen LogP contribution in [0.25, 0.3) is 0 Å². The highest BCUT2D eigenvalue weighted by molar-refractivity contribution is 8.17. The molecule has 1 aliphatic carbocycles. The molecule has 0 atom stereocenters. The maximum absolute atomic E-state index is 8.90. The number of hydrogen-bond acceptors (Lipinski definition) is 4. The molecule has 1 heterocycles. The first-order valence-electron chi connectivity index (χ1n) is 6.10. The van der Waals surface area contributed by atoms with Crippen molar-refractivity contribution in [2.24, 2.45) is 0 Å². The Bertz CT molecular complexity index is 239. The van der Waals surface area contributed by atoms with Crippen molar-refractivity contribution in [2.45, 2.75) is 36.7 Å². The first-order chi connectivity index (χ1) is 7.92. The Morgan fingerprint density at radius 2 is 1.88 bits per heavy atom. The summed E-state index contributed by atoms with van der Waals surface area (Å²) in [6.45, 7) is 0.579. The van der Waals surface area contributed by atoms with Crippen molar-refractivity contribution in [1.82, 2.24) is 0 Å². The van der Waals surface area contributed by atoms with Crippen LogP contribution in [-0.4, -0.2) is 34.4 Å². The van der Waals surface area contributed by atoms with E-state index in [1.54, 1.807) is 0 Å². The van der Waals surface area contributed by atoms with Crippen LogP contribution in [0.4, 0.5) is 0 Å². The highest BCUT2D eigenvalue weighted by Gasteiger charge is 2.25. The minimum atomic E-state index is 0.124. The number of hydrogen-bond donors (Lipinski definition) is 1. The molecule has 1 aliphatic heterocycles. The number of allylic oxidation sites excluding steroid dienone is 1. The molecule has 16 heavy (non-hydrogen) atoms. The van der Waals surface area contributed by atoms with E-state index in [2.05, 4.69) is 0 Å². The molecule has 0 aromatic rings. The van der Waals surface area contributed by atoms with Crippen molar-refractivity contribution in [3.8, 4) is 0 Å². The van der Waals surface area contributed by atoms with E-state index in [1.807, 2.05) is 23.5 Å². The highest BCUT2D eigenvalue weighted by atomic mass is 32.2. The molecular formula is C12H20O2S2. The number of thioether (sulfide) groups is 2. The second kappa shape index (κ2) is 6.82. The highest BCUT2D eigenvalue weighted by Crippen LogP contribution is 2.40. The maximum Gasteiger partial charge on any atom is 0.118 e. The van der Waals surface area contributed by atoms with Crippen molar-refractivity contribution in [1.29, 1.82) is 0 Å². The van der Waals surface area contributed by atoms with Gasteiger partial charge in [-0.15, -0.1) is 23.5 Å². The van der Waals surface area contributed by atoms with E-state index in [0.29, 0.717) is 11.2 Å². The van der Waals surface area contributed by atoms with Crippen molar-refractivity contribution in [3.05, 3.63) is 11.3 Å². The first kappa shape index (κ1) is 12.7. The molecule has 1 N–H and O–H groups in total.